The van der Waals surface area contributed by atoms with Gasteiger partial charge in [0, 0.05) is 6.20 Å². The lowest BCUT2D eigenvalue weighted by Gasteiger charge is -2.16. The van der Waals surface area contributed by atoms with Crippen LogP contribution in [0.3, 0.4) is 0 Å². The quantitative estimate of drug-likeness (QED) is 0.210. The van der Waals surface area contributed by atoms with Gasteiger partial charge in [0.1, 0.15) is 0 Å². The topological polar surface area (TPSA) is 56.3 Å². The molecule has 0 aromatic carbocycles. The largest absolute Gasteiger partial charge is 0.314 e. The fourth-order valence-electron chi connectivity index (χ4n) is 2.60. The molecular formula is C19H32BrNO3S. The van der Waals surface area contributed by atoms with Crippen molar-refractivity contribution in [2.24, 2.45) is 0 Å². The van der Waals surface area contributed by atoms with E-state index in [0.29, 0.717) is 6.42 Å². The van der Waals surface area contributed by atoms with Crippen molar-refractivity contribution >= 4 is 27.1 Å². The van der Waals surface area contributed by atoms with Crippen molar-refractivity contribution in [2.75, 3.05) is 0 Å². The number of hydrogen-bond donors (Lipinski definition) is 0. The molecule has 1 unspecified atom stereocenters. The summed E-state index contributed by atoms with van der Waals surface area (Å²) in [5.41, 5.74) is 0. The first-order valence-corrected chi connectivity index (χ1v) is 10.5. The van der Waals surface area contributed by atoms with Gasteiger partial charge in [-0.3, -0.25) is 4.18 Å². The molecule has 25 heavy (non-hydrogen) atoms. The Hall–Kier alpha value is -0.720. The average Bonchev–Trinajstić information content (AvgIpc) is 2.59. The molecule has 0 spiro atoms. The van der Waals surface area contributed by atoms with Crippen molar-refractivity contribution < 1.29 is 12.6 Å². The summed E-state index contributed by atoms with van der Waals surface area (Å²) in [5.74, 6) is 0. The van der Waals surface area contributed by atoms with E-state index >= 15 is 0 Å². The second kappa shape index (κ2) is 14.4. The van der Waals surface area contributed by atoms with Crippen LogP contribution >= 0.6 is 17.0 Å². The SMILES string of the molecule is Br.C=CCCC(CCCCCCCCC)OS(=O)(=O)c1ccccn1. The highest BCUT2D eigenvalue weighted by molar-refractivity contribution is 8.93. The van der Waals surface area contributed by atoms with Crippen LogP contribution in [0.5, 0.6) is 0 Å². The Balaban J connectivity index is 0.00000576. The molecule has 1 heterocycles. The Bertz CT molecular complexity index is 549. The van der Waals surface area contributed by atoms with Crippen molar-refractivity contribution in [1.82, 2.24) is 4.98 Å². The van der Waals surface area contributed by atoms with Crippen molar-refractivity contribution in [3.63, 3.8) is 0 Å². The summed E-state index contributed by atoms with van der Waals surface area (Å²) in [7, 11) is -3.79. The molecule has 144 valence electrons. The third-order valence-electron chi connectivity index (χ3n) is 3.98. The van der Waals surface area contributed by atoms with Gasteiger partial charge in [-0.1, -0.05) is 64.0 Å². The maximum atomic E-state index is 12.3. The summed E-state index contributed by atoms with van der Waals surface area (Å²) >= 11 is 0. The van der Waals surface area contributed by atoms with E-state index in [4.69, 9.17) is 4.18 Å². The first-order chi connectivity index (χ1) is 11.6. The van der Waals surface area contributed by atoms with Gasteiger partial charge in [0.25, 0.3) is 0 Å². The smallest absolute Gasteiger partial charge is 0.262 e. The Morgan fingerprint density at radius 1 is 1.12 bits per heavy atom. The molecule has 0 saturated carbocycles. The third-order valence-corrected chi connectivity index (χ3v) is 5.26. The summed E-state index contributed by atoms with van der Waals surface area (Å²) in [6, 6.07) is 4.80. The van der Waals surface area contributed by atoms with Gasteiger partial charge >= 0.3 is 10.1 Å². The minimum Gasteiger partial charge on any atom is -0.262 e. The van der Waals surface area contributed by atoms with Gasteiger partial charge in [0.15, 0.2) is 5.03 Å². The van der Waals surface area contributed by atoms with Crippen LogP contribution in [0.1, 0.15) is 71.1 Å². The van der Waals surface area contributed by atoms with Gasteiger partial charge in [0.2, 0.25) is 0 Å². The van der Waals surface area contributed by atoms with Gasteiger partial charge in [-0.25, -0.2) is 4.98 Å². The minimum absolute atomic E-state index is 0. The van der Waals surface area contributed by atoms with Gasteiger partial charge < -0.3 is 0 Å². The number of pyridine rings is 1. The van der Waals surface area contributed by atoms with Crippen molar-refractivity contribution in [3.8, 4) is 0 Å². The summed E-state index contributed by atoms with van der Waals surface area (Å²) in [6.07, 6.45) is 13.6. The first kappa shape index (κ1) is 24.3. The van der Waals surface area contributed by atoms with Gasteiger partial charge in [0.05, 0.1) is 6.10 Å². The Morgan fingerprint density at radius 2 is 1.80 bits per heavy atom. The number of nitrogens with zero attached hydrogens (tertiary/aromatic N) is 1. The maximum absolute atomic E-state index is 12.3. The van der Waals surface area contributed by atoms with E-state index in [1.165, 1.54) is 44.4 Å². The van der Waals surface area contributed by atoms with Crippen LogP contribution in [-0.2, 0) is 14.3 Å². The number of hydrogen-bond acceptors (Lipinski definition) is 4. The zero-order chi connectivity index (χ0) is 17.7. The van der Waals surface area contributed by atoms with Crippen LogP contribution in [-0.4, -0.2) is 19.5 Å². The number of halogens is 1. The van der Waals surface area contributed by atoms with E-state index < -0.39 is 10.1 Å². The molecule has 0 aliphatic carbocycles. The highest BCUT2D eigenvalue weighted by Crippen LogP contribution is 2.19. The van der Waals surface area contributed by atoms with Gasteiger partial charge in [-0.05, 0) is 31.4 Å². The van der Waals surface area contributed by atoms with Crippen LogP contribution in [0, 0.1) is 0 Å². The average molecular weight is 434 g/mol. The highest BCUT2D eigenvalue weighted by Gasteiger charge is 2.22. The lowest BCUT2D eigenvalue weighted by molar-refractivity contribution is 0.184. The van der Waals surface area contributed by atoms with E-state index in [-0.39, 0.29) is 28.1 Å². The molecule has 1 atom stereocenters. The molecule has 1 aromatic rings. The van der Waals surface area contributed by atoms with Gasteiger partial charge in [-0.2, -0.15) is 8.42 Å². The van der Waals surface area contributed by atoms with E-state index in [1.807, 2.05) is 0 Å². The maximum Gasteiger partial charge on any atom is 0.314 e. The fraction of sp³-hybridized carbons (Fsp3) is 0.632. The molecule has 0 saturated heterocycles. The van der Waals surface area contributed by atoms with Crippen molar-refractivity contribution in [1.29, 1.82) is 0 Å². The van der Waals surface area contributed by atoms with Crippen molar-refractivity contribution in [3.05, 3.63) is 37.1 Å². The van der Waals surface area contributed by atoms with E-state index in [2.05, 4.69) is 18.5 Å². The second-order valence-corrected chi connectivity index (χ2v) is 7.64. The predicted molar refractivity (Wildman–Crippen MR) is 109 cm³/mol. The second-order valence-electron chi connectivity index (χ2n) is 6.12. The molecule has 1 rings (SSSR count). The zero-order valence-corrected chi connectivity index (χ0v) is 17.8. The van der Waals surface area contributed by atoms with E-state index in [0.717, 1.165) is 25.7 Å². The molecule has 1 aromatic heterocycles. The molecule has 6 heteroatoms. The molecule has 0 fully saturated rings. The third kappa shape index (κ3) is 10.8. The number of rotatable bonds is 14. The number of unbranched alkanes of at least 4 members (excludes halogenated alkanes) is 6. The van der Waals surface area contributed by atoms with Crippen molar-refractivity contribution in [2.45, 2.75) is 82.3 Å². The Morgan fingerprint density at radius 3 is 2.40 bits per heavy atom. The van der Waals surface area contributed by atoms with Crippen LogP contribution < -0.4 is 0 Å². The summed E-state index contributed by atoms with van der Waals surface area (Å²) < 4.78 is 30.0. The lowest BCUT2D eigenvalue weighted by Crippen LogP contribution is -2.19. The lowest BCUT2D eigenvalue weighted by atomic mass is 10.0. The number of allylic oxidation sites excluding steroid dienone is 1. The molecule has 0 N–H and O–H groups in total. The van der Waals surface area contributed by atoms with Crippen LogP contribution in [0.25, 0.3) is 0 Å². The van der Waals surface area contributed by atoms with Crippen LogP contribution in [0.15, 0.2) is 42.1 Å². The molecular weight excluding hydrogens is 402 g/mol. The molecule has 0 aliphatic rings. The molecule has 0 radical (unpaired) electrons. The normalized spacial score (nSPS) is 12.4. The van der Waals surface area contributed by atoms with E-state index in [9.17, 15) is 8.42 Å². The van der Waals surface area contributed by atoms with Crippen LogP contribution in [0.2, 0.25) is 0 Å². The molecule has 4 nitrogen and oxygen atoms in total. The molecule has 0 aliphatic heterocycles. The number of aromatic nitrogens is 1. The summed E-state index contributed by atoms with van der Waals surface area (Å²) in [4.78, 5) is 3.89. The zero-order valence-electron chi connectivity index (χ0n) is 15.2. The Labute approximate surface area is 164 Å². The monoisotopic (exact) mass is 433 g/mol. The highest BCUT2D eigenvalue weighted by atomic mass is 79.9. The standard InChI is InChI=1S/C19H31NO3S.BrH/c1-3-5-7-8-9-10-11-15-18(14-6-4-2)23-24(21,22)19-16-12-13-17-20-19;/h4,12-13,16-18H,2-3,5-11,14-15H2,1H3;1H. The predicted octanol–water partition coefficient (Wildman–Crippen LogP) is 5.84. The fourth-order valence-corrected chi connectivity index (χ4v) is 3.68. The van der Waals surface area contributed by atoms with Gasteiger partial charge in [-0.15, -0.1) is 23.6 Å². The first-order valence-electron chi connectivity index (χ1n) is 9.05. The molecule has 0 amide bonds. The summed E-state index contributed by atoms with van der Waals surface area (Å²) in [5, 5.41) is -0.0202. The molecule has 0 bridgehead atoms. The Kier molecular flexibility index (Phi) is 14.0. The van der Waals surface area contributed by atoms with Crippen LogP contribution in [0.4, 0.5) is 0 Å². The minimum atomic E-state index is -3.79. The van der Waals surface area contributed by atoms with E-state index in [1.54, 1.807) is 18.2 Å². The summed E-state index contributed by atoms with van der Waals surface area (Å²) in [6.45, 7) is 5.92.